The van der Waals surface area contributed by atoms with E-state index in [1.807, 2.05) is 0 Å². The lowest BCUT2D eigenvalue weighted by Crippen LogP contribution is -2.13. The lowest BCUT2D eigenvalue weighted by molar-refractivity contribution is 0.124. The minimum Gasteiger partial charge on any atom is -0.197 e. The smallest absolute Gasteiger partial charge is 0.197 e. The topological polar surface area (TPSA) is 0 Å². The molecular formula is C11H10F2. The minimum absolute atomic E-state index is 0.219. The van der Waals surface area contributed by atoms with Crippen molar-refractivity contribution in [3.8, 4) is 0 Å². The molecule has 2 heteroatoms. The van der Waals surface area contributed by atoms with Crippen molar-refractivity contribution < 1.29 is 8.78 Å². The van der Waals surface area contributed by atoms with Gasteiger partial charge in [-0.1, -0.05) is 43.5 Å². The molecule has 0 fully saturated rings. The van der Waals surface area contributed by atoms with Crippen LogP contribution in [0.25, 0.3) is 5.57 Å². The SMILES string of the molecule is C=CC(F)(F)C(=C)c1ccccc1. The number of hydrogen-bond acceptors (Lipinski definition) is 0. The molecule has 0 radical (unpaired) electrons. The first-order chi connectivity index (χ1) is 6.08. The molecule has 0 aliphatic rings. The molecule has 0 nitrogen and oxygen atoms in total. The number of alkyl halides is 2. The molecule has 0 saturated carbocycles. The largest absolute Gasteiger partial charge is 0.291 e. The van der Waals surface area contributed by atoms with E-state index in [0.717, 1.165) is 0 Å². The van der Waals surface area contributed by atoms with Crippen LogP contribution in [-0.2, 0) is 0 Å². The van der Waals surface area contributed by atoms with Gasteiger partial charge in [0.1, 0.15) is 0 Å². The molecule has 0 spiro atoms. The fourth-order valence-electron chi connectivity index (χ4n) is 0.955. The van der Waals surface area contributed by atoms with Crippen LogP contribution < -0.4 is 0 Å². The molecule has 0 aliphatic heterocycles. The van der Waals surface area contributed by atoms with Gasteiger partial charge in [0.05, 0.1) is 0 Å². The van der Waals surface area contributed by atoms with Crippen LogP contribution in [0.3, 0.4) is 0 Å². The second-order valence-corrected chi connectivity index (χ2v) is 2.67. The molecule has 0 heterocycles. The van der Waals surface area contributed by atoms with Crippen molar-refractivity contribution in [3.05, 3.63) is 55.1 Å². The zero-order chi connectivity index (χ0) is 9.90. The van der Waals surface area contributed by atoms with Gasteiger partial charge < -0.3 is 0 Å². The monoisotopic (exact) mass is 180 g/mol. The summed E-state index contributed by atoms with van der Waals surface area (Å²) in [7, 11) is 0. The molecule has 0 saturated heterocycles. The third-order valence-electron chi connectivity index (χ3n) is 1.78. The Balaban J connectivity index is 2.99. The molecule has 0 bridgehead atoms. The Hall–Kier alpha value is -1.44. The molecule has 0 aliphatic carbocycles. The van der Waals surface area contributed by atoms with Crippen molar-refractivity contribution in [1.29, 1.82) is 0 Å². The first-order valence-electron chi connectivity index (χ1n) is 3.84. The highest BCUT2D eigenvalue weighted by molar-refractivity contribution is 5.70. The van der Waals surface area contributed by atoms with Crippen LogP contribution in [0.4, 0.5) is 8.78 Å². The zero-order valence-corrected chi connectivity index (χ0v) is 7.13. The summed E-state index contributed by atoms with van der Waals surface area (Å²) in [5.41, 5.74) is 0.218. The quantitative estimate of drug-likeness (QED) is 0.624. The Morgan fingerprint density at radius 2 is 1.77 bits per heavy atom. The van der Waals surface area contributed by atoms with Crippen molar-refractivity contribution in [2.75, 3.05) is 0 Å². The van der Waals surface area contributed by atoms with Crippen LogP contribution in [0.5, 0.6) is 0 Å². The minimum atomic E-state index is -3.03. The van der Waals surface area contributed by atoms with E-state index in [1.54, 1.807) is 30.3 Å². The predicted octanol–water partition coefficient (Wildman–Crippen LogP) is 3.52. The van der Waals surface area contributed by atoms with Crippen LogP contribution in [0.1, 0.15) is 5.56 Å². The molecule has 0 amide bonds. The maximum Gasteiger partial charge on any atom is 0.291 e. The highest BCUT2D eigenvalue weighted by Crippen LogP contribution is 2.31. The standard InChI is InChI=1S/C11H10F2/c1-3-11(12,13)9(2)10-7-5-4-6-8-10/h3-8H,1-2H2. The van der Waals surface area contributed by atoms with Crippen LogP contribution in [0.2, 0.25) is 0 Å². The van der Waals surface area contributed by atoms with Crippen molar-refractivity contribution in [2.24, 2.45) is 0 Å². The summed E-state index contributed by atoms with van der Waals surface area (Å²) < 4.78 is 26.0. The van der Waals surface area contributed by atoms with Gasteiger partial charge in [-0.25, -0.2) is 0 Å². The molecule has 0 N–H and O–H groups in total. The third kappa shape index (κ3) is 2.02. The van der Waals surface area contributed by atoms with Crippen LogP contribution >= 0.6 is 0 Å². The molecule has 1 rings (SSSR count). The van der Waals surface area contributed by atoms with Crippen molar-refractivity contribution in [1.82, 2.24) is 0 Å². The number of hydrogen-bond donors (Lipinski definition) is 0. The van der Waals surface area contributed by atoms with Gasteiger partial charge in [-0.05, 0) is 11.6 Å². The first kappa shape index (κ1) is 9.65. The molecule has 0 unspecified atom stereocenters. The zero-order valence-electron chi connectivity index (χ0n) is 7.13. The van der Waals surface area contributed by atoms with Crippen molar-refractivity contribution in [3.63, 3.8) is 0 Å². The summed E-state index contributed by atoms with van der Waals surface area (Å²) >= 11 is 0. The average Bonchev–Trinajstić information content (AvgIpc) is 2.18. The van der Waals surface area contributed by atoms with E-state index in [0.29, 0.717) is 11.6 Å². The fraction of sp³-hybridized carbons (Fsp3) is 0.0909. The average molecular weight is 180 g/mol. The third-order valence-corrected chi connectivity index (χ3v) is 1.78. The Morgan fingerprint density at radius 1 is 1.23 bits per heavy atom. The molecule has 1 aromatic rings. The second-order valence-electron chi connectivity index (χ2n) is 2.67. The highest BCUT2D eigenvalue weighted by atomic mass is 19.3. The van der Waals surface area contributed by atoms with Gasteiger partial charge in [0.15, 0.2) is 0 Å². The van der Waals surface area contributed by atoms with Gasteiger partial charge in [0.2, 0.25) is 0 Å². The first-order valence-corrected chi connectivity index (χ1v) is 3.84. The second kappa shape index (κ2) is 3.52. The Morgan fingerprint density at radius 3 is 2.23 bits per heavy atom. The summed E-state index contributed by atoms with van der Waals surface area (Å²) in [6, 6.07) is 8.35. The Kier molecular flexibility index (Phi) is 2.61. The Bertz CT molecular complexity index is 312. The van der Waals surface area contributed by atoms with Crippen molar-refractivity contribution >= 4 is 5.57 Å². The van der Waals surface area contributed by atoms with Gasteiger partial charge >= 0.3 is 0 Å². The summed E-state index contributed by atoms with van der Waals surface area (Å²) in [5.74, 6) is -3.03. The van der Waals surface area contributed by atoms with E-state index in [1.165, 1.54) is 0 Å². The number of halogens is 2. The van der Waals surface area contributed by atoms with Gasteiger partial charge in [-0.3, -0.25) is 0 Å². The lowest BCUT2D eigenvalue weighted by atomic mass is 10.0. The van der Waals surface area contributed by atoms with E-state index in [9.17, 15) is 8.78 Å². The predicted molar refractivity (Wildman–Crippen MR) is 50.6 cm³/mol. The number of benzene rings is 1. The number of allylic oxidation sites excluding steroid dienone is 2. The molecule has 68 valence electrons. The van der Waals surface area contributed by atoms with Gasteiger partial charge in [-0.15, -0.1) is 0 Å². The van der Waals surface area contributed by atoms with Gasteiger partial charge in [-0.2, -0.15) is 8.78 Å². The number of rotatable bonds is 3. The summed E-state index contributed by atoms with van der Waals surface area (Å²) in [6.07, 6.45) is 0.600. The molecule has 13 heavy (non-hydrogen) atoms. The molecule has 0 aromatic heterocycles. The van der Waals surface area contributed by atoms with E-state index in [2.05, 4.69) is 13.2 Å². The fourth-order valence-corrected chi connectivity index (χ4v) is 0.955. The van der Waals surface area contributed by atoms with Gasteiger partial charge in [0, 0.05) is 5.57 Å². The van der Waals surface area contributed by atoms with Crippen LogP contribution in [0, 0.1) is 0 Å². The Labute approximate surface area is 76.2 Å². The molecule has 0 atom stereocenters. The lowest BCUT2D eigenvalue weighted by Gasteiger charge is -2.14. The normalized spacial score (nSPS) is 10.9. The van der Waals surface area contributed by atoms with E-state index >= 15 is 0 Å². The van der Waals surface area contributed by atoms with E-state index in [4.69, 9.17) is 0 Å². The molecule has 1 aromatic carbocycles. The van der Waals surface area contributed by atoms with E-state index in [-0.39, 0.29) is 5.57 Å². The summed E-state index contributed by atoms with van der Waals surface area (Å²) in [4.78, 5) is 0. The van der Waals surface area contributed by atoms with Crippen LogP contribution in [0.15, 0.2) is 49.6 Å². The maximum atomic E-state index is 13.0. The van der Waals surface area contributed by atoms with E-state index < -0.39 is 5.92 Å². The van der Waals surface area contributed by atoms with Crippen LogP contribution in [-0.4, -0.2) is 5.92 Å². The highest BCUT2D eigenvalue weighted by Gasteiger charge is 2.28. The summed E-state index contributed by atoms with van der Waals surface area (Å²) in [5, 5.41) is 0. The maximum absolute atomic E-state index is 13.0. The van der Waals surface area contributed by atoms with Gasteiger partial charge in [0.25, 0.3) is 5.92 Å². The van der Waals surface area contributed by atoms with Crippen molar-refractivity contribution in [2.45, 2.75) is 5.92 Å². The summed E-state index contributed by atoms with van der Waals surface area (Å²) in [6.45, 7) is 6.41. The molecular weight excluding hydrogens is 170 g/mol.